The van der Waals surface area contributed by atoms with Crippen molar-refractivity contribution in [2.45, 2.75) is 79.1 Å². The Balaban J connectivity index is 0.00000341. The molecule has 0 atom stereocenters. The van der Waals surface area contributed by atoms with Gasteiger partial charge in [-0.25, -0.2) is 0 Å². The van der Waals surface area contributed by atoms with Crippen LogP contribution >= 0.6 is 11.3 Å². The van der Waals surface area contributed by atoms with Crippen LogP contribution < -0.4 is 22.4 Å². The fraction of sp³-hybridized carbons (Fsp3) is 0.462. The number of halogens is 1. The summed E-state index contributed by atoms with van der Waals surface area (Å²) < 4.78 is 2.07. The summed E-state index contributed by atoms with van der Waals surface area (Å²) in [4.78, 5) is 0. The first-order valence-electron chi connectivity index (χ1n) is 11.1. The van der Waals surface area contributed by atoms with Crippen molar-refractivity contribution in [1.82, 2.24) is 5.10 Å². The summed E-state index contributed by atoms with van der Waals surface area (Å²) in [6, 6.07) is 13.3. The molecular formula is C26H36ClN3S. The van der Waals surface area contributed by atoms with Gasteiger partial charge in [-0.1, -0.05) is 91.8 Å². The van der Waals surface area contributed by atoms with E-state index in [-0.39, 0.29) is 12.4 Å². The van der Waals surface area contributed by atoms with Gasteiger partial charge in [0.05, 0.1) is 0 Å². The summed E-state index contributed by atoms with van der Waals surface area (Å²) in [6.45, 7) is 18.0. The second kappa shape index (κ2) is 10.6. The fourth-order valence-corrected chi connectivity index (χ4v) is 4.63. The van der Waals surface area contributed by atoms with Gasteiger partial charge in [-0.2, -0.15) is 0 Å². The van der Waals surface area contributed by atoms with Crippen molar-refractivity contribution in [2.75, 3.05) is 5.32 Å². The van der Waals surface area contributed by atoms with Crippen LogP contribution in [-0.2, 0) is 0 Å². The van der Waals surface area contributed by atoms with E-state index < -0.39 is 0 Å². The summed E-state index contributed by atoms with van der Waals surface area (Å²) >= 11 is 1.66. The summed E-state index contributed by atoms with van der Waals surface area (Å²) in [7, 11) is 0. The minimum atomic E-state index is 0. The molecule has 3 aromatic rings. The van der Waals surface area contributed by atoms with E-state index in [0.29, 0.717) is 23.7 Å². The third kappa shape index (κ3) is 5.48. The molecule has 5 heteroatoms. The predicted molar refractivity (Wildman–Crippen MR) is 130 cm³/mol. The molecule has 0 saturated heterocycles. The first-order chi connectivity index (χ1) is 14.2. The summed E-state index contributed by atoms with van der Waals surface area (Å²) in [6.07, 6.45) is 0. The van der Waals surface area contributed by atoms with Gasteiger partial charge in [0.25, 0.3) is 10.6 Å². The van der Waals surface area contributed by atoms with E-state index in [4.69, 9.17) is 5.10 Å². The molecule has 31 heavy (non-hydrogen) atoms. The predicted octanol–water partition coefficient (Wildman–Crippen LogP) is 4.66. The van der Waals surface area contributed by atoms with E-state index in [2.05, 4.69) is 107 Å². The number of nitrogens with one attached hydrogen (secondary N) is 1. The van der Waals surface area contributed by atoms with Gasteiger partial charge in [0.15, 0.2) is 0 Å². The zero-order valence-corrected chi connectivity index (χ0v) is 21.6. The van der Waals surface area contributed by atoms with Gasteiger partial charge < -0.3 is 17.7 Å². The third-order valence-corrected chi connectivity index (χ3v) is 6.35. The van der Waals surface area contributed by atoms with Gasteiger partial charge in [-0.15, -0.1) is 0 Å². The molecule has 0 saturated carbocycles. The number of aromatic nitrogens is 2. The van der Waals surface area contributed by atoms with Crippen LogP contribution in [0.2, 0.25) is 0 Å². The van der Waals surface area contributed by atoms with Gasteiger partial charge in [-0.3, -0.25) is 0 Å². The van der Waals surface area contributed by atoms with E-state index in [9.17, 15) is 0 Å². The highest BCUT2D eigenvalue weighted by Gasteiger charge is 2.25. The number of anilines is 2. The Morgan fingerprint density at radius 3 is 1.55 bits per heavy atom. The smallest absolute Gasteiger partial charge is 0.261 e. The largest absolute Gasteiger partial charge is 1.00 e. The summed E-state index contributed by atoms with van der Waals surface area (Å²) in [5.41, 5.74) is 9.93. The van der Waals surface area contributed by atoms with Gasteiger partial charge in [-0.05, 0) is 50.8 Å². The molecule has 1 N–H and O–H groups in total. The molecule has 0 aliphatic heterocycles. The Labute approximate surface area is 198 Å². The van der Waals surface area contributed by atoms with E-state index in [1.165, 1.54) is 33.6 Å². The van der Waals surface area contributed by atoms with Crippen LogP contribution in [0.3, 0.4) is 0 Å². The van der Waals surface area contributed by atoms with Crippen LogP contribution in [0.15, 0.2) is 41.9 Å². The highest BCUT2D eigenvalue weighted by Crippen LogP contribution is 2.35. The van der Waals surface area contributed by atoms with Gasteiger partial charge >= 0.3 is 0 Å². The Hall–Kier alpha value is -1.91. The van der Waals surface area contributed by atoms with Crippen molar-refractivity contribution in [1.29, 1.82) is 0 Å². The Morgan fingerprint density at radius 1 is 0.710 bits per heavy atom. The number of rotatable bonds is 7. The third-order valence-electron chi connectivity index (χ3n) is 5.64. The lowest BCUT2D eigenvalue weighted by atomic mass is 9.93. The SMILES string of the molecule is CC(C)c1cccc(C(C)C)c1Nc1n[n+](-c2c(C(C)C)cccc2C(C)C)cs1.[Cl-]. The second-order valence-corrected chi connectivity index (χ2v) is 10.1. The van der Waals surface area contributed by atoms with E-state index in [1.807, 2.05) is 0 Å². The number of hydrogen-bond donors (Lipinski definition) is 1. The number of benzene rings is 2. The molecule has 1 aromatic heterocycles. The molecule has 0 unspecified atom stereocenters. The molecule has 0 aliphatic carbocycles. The number of hydrogen-bond acceptors (Lipinski definition) is 3. The minimum absolute atomic E-state index is 0. The van der Waals surface area contributed by atoms with Crippen molar-refractivity contribution in [2.24, 2.45) is 0 Å². The highest BCUT2D eigenvalue weighted by atomic mass is 35.5. The number of nitrogens with zero attached hydrogens (tertiary/aromatic N) is 2. The van der Waals surface area contributed by atoms with E-state index in [1.54, 1.807) is 11.3 Å². The molecule has 1 heterocycles. The van der Waals surface area contributed by atoms with Gasteiger partial charge in [0, 0.05) is 21.9 Å². The monoisotopic (exact) mass is 457 g/mol. The van der Waals surface area contributed by atoms with Crippen LogP contribution in [0.4, 0.5) is 10.8 Å². The fourth-order valence-electron chi connectivity index (χ4n) is 3.98. The van der Waals surface area contributed by atoms with Crippen LogP contribution in [0, 0.1) is 0 Å². The average Bonchev–Trinajstić information content (AvgIpc) is 3.15. The summed E-state index contributed by atoms with van der Waals surface area (Å²) in [5.74, 6) is 1.79. The second-order valence-electron chi connectivity index (χ2n) is 9.31. The maximum absolute atomic E-state index is 4.99. The first-order valence-corrected chi connectivity index (χ1v) is 12.0. The molecule has 0 fully saturated rings. The Morgan fingerprint density at radius 2 is 1.13 bits per heavy atom. The van der Waals surface area contributed by atoms with Gasteiger partial charge in [0.1, 0.15) is 0 Å². The Bertz CT molecular complexity index is 953. The topological polar surface area (TPSA) is 28.8 Å². The molecule has 0 aliphatic rings. The van der Waals surface area contributed by atoms with Crippen LogP contribution in [0.5, 0.6) is 0 Å². The van der Waals surface area contributed by atoms with Crippen LogP contribution in [0.1, 0.15) is 101 Å². The van der Waals surface area contributed by atoms with Crippen molar-refractivity contribution in [3.63, 3.8) is 0 Å². The standard InChI is InChI=1S/C26H36N3S.ClH/c1-16(2)20-11-9-12-21(17(3)4)24(20)27-26-28-29(15-30-26)25-22(18(5)6)13-10-14-23(25)19(7)8;/h9-19H,1-8H3,(H,27,28);1H/q+1;/p-1. The molecular weight excluding hydrogens is 422 g/mol. The molecule has 168 valence electrons. The maximum Gasteiger partial charge on any atom is 0.261 e. The molecule has 3 rings (SSSR count). The van der Waals surface area contributed by atoms with Gasteiger partial charge in [0.2, 0.25) is 5.69 Å². The van der Waals surface area contributed by atoms with E-state index >= 15 is 0 Å². The number of para-hydroxylation sites is 2. The molecule has 0 spiro atoms. The van der Waals surface area contributed by atoms with Crippen LogP contribution in [-0.4, -0.2) is 5.10 Å². The molecule has 0 bridgehead atoms. The highest BCUT2D eigenvalue weighted by molar-refractivity contribution is 7.13. The average molecular weight is 458 g/mol. The quantitative estimate of drug-likeness (QED) is 0.522. The Kier molecular flexibility index (Phi) is 8.67. The lowest BCUT2D eigenvalue weighted by Gasteiger charge is -2.19. The molecule has 0 radical (unpaired) electrons. The lowest BCUT2D eigenvalue weighted by Crippen LogP contribution is -3.00. The van der Waals surface area contributed by atoms with Crippen molar-refractivity contribution < 1.29 is 17.1 Å². The van der Waals surface area contributed by atoms with E-state index in [0.717, 1.165) is 5.13 Å². The summed E-state index contributed by atoms with van der Waals surface area (Å²) in [5, 5.41) is 9.59. The normalized spacial score (nSPS) is 11.5. The first kappa shape index (κ1) is 25.4. The van der Waals surface area contributed by atoms with Crippen molar-refractivity contribution in [3.8, 4) is 5.69 Å². The molecule has 2 aromatic carbocycles. The molecule has 3 nitrogen and oxygen atoms in total. The maximum atomic E-state index is 4.99. The lowest BCUT2D eigenvalue weighted by molar-refractivity contribution is -0.653. The molecule has 0 amide bonds. The van der Waals surface area contributed by atoms with Crippen molar-refractivity contribution in [3.05, 3.63) is 64.2 Å². The van der Waals surface area contributed by atoms with Crippen molar-refractivity contribution >= 4 is 22.2 Å². The zero-order valence-electron chi connectivity index (χ0n) is 20.0. The zero-order chi connectivity index (χ0) is 22.0. The minimum Gasteiger partial charge on any atom is -1.00 e. The van der Waals surface area contributed by atoms with Crippen LogP contribution in [0.25, 0.3) is 5.69 Å².